The van der Waals surface area contributed by atoms with Gasteiger partial charge in [0.05, 0.1) is 37.9 Å². The van der Waals surface area contributed by atoms with Crippen molar-refractivity contribution in [2.45, 2.75) is 39.5 Å². The van der Waals surface area contributed by atoms with Crippen LogP contribution < -0.4 is 14.4 Å². The van der Waals surface area contributed by atoms with Gasteiger partial charge >= 0.3 is 0 Å². The summed E-state index contributed by atoms with van der Waals surface area (Å²) in [5.41, 5.74) is 0. The van der Waals surface area contributed by atoms with E-state index in [-0.39, 0.29) is 6.10 Å². The lowest BCUT2D eigenvalue weighted by Crippen LogP contribution is -2.29. The summed E-state index contributed by atoms with van der Waals surface area (Å²) in [7, 11) is 0. The molecular formula is C17H25N5O3. The van der Waals surface area contributed by atoms with Gasteiger partial charge in [-0.25, -0.2) is 0 Å². The van der Waals surface area contributed by atoms with E-state index in [9.17, 15) is 5.11 Å². The topological polar surface area (TPSA) is 85.5 Å². The molecule has 2 aromatic rings. The monoisotopic (exact) mass is 347 g/mol. The van der Waals surface area contributed by atoms with E-state index >= 15 is 0 Å². The van der Waals surface area contributed by atoms with Gasteiger partial charge < -0.3 is 19.5 Å². The molecule has 0 aliphatic carbocycles. The minimum Gasteiger partial charge on any atom is -0.482 e. The van der Waals surface area contributed by atoms with Crippen molar-refractivity contribution >= 4 is 5.82 Å². The van der Waals surface area contributed by atoms with Crippen LogP contribution in [-0.2, 0) is 6.54 Å². The SMILES string of the molecule is CCn1cc(O[C@@H]2CN(c3cncc(OCC(C)C)n3)C[C@H]2O)cn1. The third-order valence-electron chi connectivity index (χ3n) is 3.95. The Bertz CT molecular complexity index is 690. The van der Waals surface area contributed by atoms with Crippen molar-refractivity contribution in [3.8, 4) is 11.6 Å². The molecule has 2 aromatic heterocycles. The maximum atomic E-state index is 10.3. The summed E-state index contributed by atoms with van der Waals surface area (Å²) in [5, 5.41) is 14.5. The third-order valence-corrected chi connectivity index (χ3v) is 3.95. The maximum absolute atomic E-state index is 10.3. The average Bonchev–Trinajstić information content (AvgIpc) is 3.20. The Morgan fingerprint density at radius 2 is 2.12 bits per heavy atom. The van der Waals surface area contributed by atoms with Crippen LogP contribution in [0.25, 0.3) is 0 Å². The lowest BCUT2D eigenvalue weighted by atomic mass is 10.2. The molecule has 1 fully saturated rings. The number of anilines is 1. The number of nitrogens with zero attached hydrogens (tertiary/aromatic N) is 5. The zero-order chi connectivity index (χ0) is 17.8. The number of aryl methyl sites for hydroxylation is 1. The van der Waals surface area contributed by atoms with Crippen LogP contribution in [0.15, 0.2) is 24.8 Å². The Kier molecular flexibility index (Phi) is 5.37. The average molecular weight is 347 g/mol. The van der Waals surface area contributed by atoms with Crippen LogP contribution in [0.2, 0.25) is 0 Å². The molecule has 2 atom stereocenters. The van der Waals surface area contributed by atoms with E-state index in [2.05, 4.69) is 28.9 Å². The van der Waals surface area contributed by atoms with E-state index in [0.717, 1.165) is 6.54 Å². The van der Waals surface area contributed by atoms with Crippen LogP contribution in [0.4, 0.5) is 5.82 Å². The minimum atomic E-state index is -0.605. The van der Waals surface area contributed by atoms with E-state index < -0.39 is 6.10 Å². The predicted molar refractivity (Wildman–Crippen MR) is 92.9 cm³/mol. The molecule has 8 heteroatoms. The van der Waals surface area contributed by atoms with E-state index in [1.54, 1.807) is 23.3 Å². The zero-order valence-corrected chi connectivity index (χ0v) is 14.9. The van der Waals surface area contributed by atoms with Gasteiger partial charge in [0.2, 0.25) is 5.88 Å². The fraction of sp³-hybridized carbons (Fsp3) is 0.588. The summed E-state index contributed by atoms with van der Waals surface area (Å²) in [6.07, 6.45) is 5.83. The molecular weight excluding hydrogens is 322 g/mol. The van der Waals surface area contributed by atoms with Crippen LogP contribution in [0.5, 0.6) is 11.6 Å². The molecule has 1 aliphatic rings. The van der Waals surface area contributed by atoms with Gasteiger partial charge in [0, 0.05) is 13.1 Å². The molecule has 0 spiro atoms. The Labute approximate surface area is 147 Å². The number of aromatic nitrogens is 4. The van der Waals surface area contributed by atoms with Gasteiger partial charge in [0.25, 0.3) is 0 Å². The molecule has 3 rings (SSSR count). The number of hydrogen-bond acceptors (Lipinski definition) is 7. The van der Waals surface area contributed by atoms with E-state index in [0.29, 0.717) is 43.1 Å². The molecule has 0 radical (unpaired) electrons. The molecule has 0 amide bonds. The summed E-state index contributed by atoms with van der Waals surface area (Å²) in [4.78, 5) is 10.6. The Hall–Kier alpha value is -2.35. The molecule has 3 heterocycles. The van der Waals surface area contributed by atoms with Crippen molar-refractivity contribution in [1.29, 1.82) is 0 Å². The van der Waals surface area contributed by atoms with Gasteiger partial charge in [-0.05, 0) is 12.8 Å². The summed E-state index contributed by atoms with van der Waals surface area (Å²) >= 11 is 0. The maximum Gasteiger partial charge on any atom is 0.234 e. The zero-order valence-electron chi connectivity index (χ0n) is 14.9. The van der Waals surface area contributed by atoms with Crippen molar-refractivity contribution in [2.24, 2.45) is 5.92 Å². The quantitative estimate of drug-likeness (QED) is 0.809. The van der Waals surface area contributed by atoms with E-state index in [4.69, 9.17) is 9.47 Å². The van der Waals surface area contributed by atoms with Crippen molar-refractivity contribution in [3.05, 3.63) is 24.8 Å². The van der Waals surface area contributed by atoms with E-state index in [1.807, 2.05) is 18.0 Å². The molecule has 136 valence electrons. The van der Waals surface area contributed by atoms with Crippen LogP contribution in [0, 0.1) is 5.92 Å². The highest BCUT2D eigenvalue weighted by Crippen LogP contribution is 2.23. The van der Waals surface area contributed by atoms with Crippen LogP contribution in [0.3, 0.4) is 0 Å². The van der Waals surface area contributed by atoms with Crippen molar-refractivity contribution < 1.29 is 14.6 Å². The highest BCUT2D eigenvalue weighted by molar-refractivity contribution is 5.40. The summed E-state index contributed by atoms with van der Waals surface area (Å²) in [5.74, 6) is 2.25. The fourth-order valence-corrected chi connectivity index (χ4v) is 2.63. The second kappa shape index (κ2) is 7.69. The van der Waals surface area contributed by atoms with Gasteiger partial charge in [0.15, 0.2) is 11.6 Å². The highest BCUT2D eigenvalue weighted by Gasteiger charge is 2.34. The van der Waals surface area contributed by atoms with Crippen molar-refractivity contribution in [2.75, 3.05) is 24.6 Å². The molecule has 8 nitrogen and oxygen atoms in total. The lowest BCUT2D eigenvalue weighted by molar-refractivity contribution is 0.0737. The molecule has 0 unspecified atom stereocenters. The number of ether oxygens (including phenoxy) is 2. The summed E-state index contributed by atoms with van der Waals surface area (Å²) in [6, 6.07) is 0. The second-order valence-corrected chi connectivity index (χ2v) is 6.58. The molecule has 0 bridgehead atoms. The van der Waals surface area contributed by atoms with Crippen molar-refractivity contribution in [3.63, 3.8) is 0 Å². The van der Waals surface area contributed by atoms with Gasteiger partial charge in [-0.15, -0.1) is 0 Å². The van der Waals surface area contributed by atoms with E-state index in [1.165, 1.54) is 0 Å². The summed E-state index contributed by atoms with van der Waals surface area (Å²) in [6.45, 7) is 8.51. The van der Waals surface area contributed by atoms with Gasteiger partial charge in [-0.2, -0.15) is 10.1 Å². The van der Waals surface area contributed by atoms with Crippen LogP contribution >= 0.6 is 0 Å². The largest absolute Gasteiger partial charge is 0.482 e. The molecule has 1 aliphatic heterocycles. The number of aliphatic hydroxyl groups excluding tert-OH is 1. The normalized spacial score (nSPS) is 20.3. The first-order chi connectivity index (χ1) is 12.0. The van der Waals surface area contributed by atoms with Crippen molar-refractivity contribution in [1.82, 2.24) is 19.7 Å². The Morgan fingerprint density at radius 1 is 1.28 bits per heavy atom. The highest BCUT2D eigenvalue weighted by atomic mass is 16.5. The Balaban J connectivity index is 1.63. The predicted octanol–water partition coefficient (Wildman–Crippen LogP) is 1.36. The second-order valence-electron chi connectivity index (χ2n) is 6.58. The molecule has 0 saturated carbocycles. The molecule has 0 aromatic carbocycles. The number of hydrogen-bond donors (Lipinski definition) is 1. The number of aliphatic hydroxyl groups is 1. The number of β-amino-alcohol motifs (C(OH)–C–C–N with tert-alkyl or cyclic N) is 1. The van der Waals surface area contributed by atoms with Crippen LogP contribution in [-0.4, -0.2) is 56.8 Å². The summed E-state index contributed by atoms with van der Waals surface area (Å²) < 4.78 is 13.3. The first kappa shape index (κ1) is 17.5. The lowest BCUT2D eigenvalue weighted by Gasteiger charge is -2.17. The molecule has 25 heavy (non-hydrogen) atoms. The number of rotatable bonds is 7. The molecule has 1 saturated heterocycles. The third kappa shape index (κ3) is 4.39. The Morgan fingerprint density at radius 3 is 2.84 bits per heavy atom. The van der Waals surface area contributed by atoms with Gasteiger partial charge in [0.1, 0.15) is 12.2 Å². The fourth-order valence-electron chi connectivity index (χ4n) is 2.63. The standard InChI is InChI=1S/C17H25N5O3/c1-4-22-8-13(5-19-22)25-15-10-21(9-14(15)23)16-6-18-7-17(20-16)24-11-12(2)3/h5-8,12,14-15,23H,4,9-11H2,1-3H3/t14-,15-/m1/s1. The first-order valence-corrected chi connectivity index (χ1v) is 8.62. The minimum absolute atomic E-state index is 0.337. The first-order valence-electron chi connectivity index (χ1n) is 8.62. The smallest absolute Gasteiger partial charge is 0.234 e. The van der Waals surface area contributed by atoms with Gasteiger partial charge in [-0.3, -0.25) is 9.67 Å². The molecule has 1 N–H and O–H groups in total. The van der Waals surface area contributed by atoms with Gasteiger partial charge in [-0.1, -0.05) is 13.8 Å². The van der Waals surface area contributed by atoms with Crippen LogP contribution in [0.1, 0.15) is 20.8 Å².